The van der Waals surface area contributed by atoms with Crippen LogP contribution >= 0.6 is 11.6 Å². The van der Waals surface area contributed by atoms with Crippen LogP contribution in [0.3, 0.4) is 0 Å². The highest BCUT2D eigenvalue weighted by molar-refractivity contribution is 6.74. The van der Waals surface area contributed by atoms with E-state index in [9.17, 15) is 9.90 Å². The first-order chi connectivity index (χ1) is 11.0. The highest BCUT2D eigenvalue weighted by Gasteiger charge is 2.40. The molecule has 24 heavy (non-hydrogen) atoms. The van der Waals surface area contributed by atoms with Gasteiger partial charge < -0.3 is 14.3 Å². The molecule has 0 fully saturated rings. The van der Waals surface area contributed by atoms with Crippen LogP contribution in [-0.4, -0.2) is 26.5 Å². The minimum absolute atomic E-state index is 0.0390. The van der Waals surface area contributed by atoms with Crippen molar-refractivity contribution in [2.45, 2.75) is 38.9 Å². The van der Waals surface area contributed by atoms with Crippen molar-refractivity contribution in [1.29, 1.82) is 0 Å². The van der Waals surface area contributed by atoms with Gasteiger partial charge >= 0.3 is 5.97 Å². The highest BCUT2D eigenvalue weighted by Crippen LogP contribution is 2.42. The van der Waals surface area contributed by atoms with Gasteiger partial charge in [0.1, 0.15) is 17.1 Å². The second-order valence-electron chi connectivity index (χ2n) is 7.32. The molecule has 0 atom stereocenters. The van der Waals surface area contributed by atoms with Crippen LogP contribution in [0.5, 0.6) is 11.5 Å². The summed E-state index contributed by atoms with van der Waals surface area (Å²) >= 11 is 6.01. The molecule has 4 nitrogen and oxygen atoms in total. The Morgan fingerprint density at radius 3 is 2.38 bits per heavy atom. The Morgan fingerprint density at radius 2 is 1.83 bits per heavy atom. The zero-order valence-corrected chi connectivity index (χ0v) is 16.6. The molecule has 0 unspecified atom stereocenters. The lowest BCUT2D eigenvalue weighted by molar-refractivity contribution is 0.0595. The molecule has 0 aliphatic rings. The molecular weight excluding hydrogens is 344 g/mol. The molecule has 1 N–H and O–H groups in total. The topological polar surface area (TPSA) is 55.8 Å². The number of esters is 1. The number of carbonyl (C=O) groups excluding carboxylic acids is 1. The summed E-state index contributed by atoms with van der Waals surface area (Å²) in [6.07, 6.45) is 0. The number of hydrogen-bond donors (Lipinski definition) is 1. The van der Waals surface area contributed by atoms with Gasteiger partial charge in [0.15, 0.2) is 0 Å². The van der Waals surface area contributed by atoms with Crippen LogP contribution in [-0.2, 0) is 4.74 Å². The summed E-state index contributed by atoms with van der Waals surface area (Å²) in [4.78, 5) is 12.2. The minimum Gasteiger partial charge on any atom is -0.543 e. The number of ether oxygens (including phenoxy) is 1. The fourth-order valence-corrected chi connectivity index (χ4v) is 3.32. The van der Waals surface area contributed by atoms with Crippen molar-refractivity contribution >= 4 is 36.7 Å². The molecule has 6 heteroatoms. The summed E-state index contributed by atoms with van der Waals surface area (Å²) in [6.45, 7) is 10.5. The van der Waals surface area contributed by atoms with Gasteiger partial charge in [0, 0.05) is 10.4 Å². The van der Waals surface area contributed by atoms with Gasteiger partial charge in [-0.3, -0.25) is 0 Å². The summed E-state index contributed by atoms with van der Waals surface area (Å²) in [5, 5.41) is 12.3. The van der Waals surface area contributed by atoms with E-state index in [1.54, 1.807) is 24.3 Å². The Hall–Kier alpha value is -1.72. The fourth-order valence-electron chi connectivity index (χ4n) is 2.13. The molecule has 0 aromatic heterocycles. The predicted octanol–water partition coefficient (Wildman–Crippen LogP) is 5.37. The van der Waals surface area contributed by atoms with Crippen molar-refractivity contribution in [3.8, 4) is 11.5 Å². The molecule has 0 radical (unpaired) electrons. The Balaban J connectivity index is 2.72. The summed E-state index contributed by atoms with van der Waals surface area (Å²) in [5.41, 5.74) is 0.0390. The first kappa shape index (κ1) is 18.6. The number of fused-ring (bicyclic) bond motifs is 1. The van der Waals surface area contributed by atoms with E-state index >= 15 is 0 Å². The molecular formula is C18H23ClO4Si. The SMILES string of the molecule is COC(=O)c1c(O[Si](C)(C)C(C)(C)C)cc2ccc(Cl)cc2c1O. The third-order valence-electron chi connectivity index (χ3n) is 4.60. The lowest BCUT2D eigenvalue weighted by Gasteiger charge is -2.37. The number of halogens is 1. The van der Waals surface area contributed by atoms with Crippen molar-refractivity contribution < 1.29 is 19.1 Å². The molecule has 130 valence electrons. The fraction of sp³-hybridized carbons (Fsp3) is 0.389. The van der Waals surface area contributed by atoms with Crippen LogP contribution in [0, 0.1) is 0 Å². The monoisotopic (exact) mass is 366 g/mol. The van der Waals surface area contributed by atoms with E-state index in [2.05, 4.69) is 33.9 Å². The Labute approximate surface area is 148 Å². The van der Waals surface area contributed by atoms with E-state index in [4.69, 9.17) is 20.8 Å². The number of phenolic OH excluding ortho intramolecular Hbond substituents is 1. The lowest BCUT2D eigenvalue weighted by atomic mass is 10.0. The van der Waals surface area contributed by atoms with E-state index in [1.165, 1.54) is 7.11 Å². The Bertz CT molecular complexity index is 794. The van der Waals surface area contributed by atoms with E-state index in [0.717, 1.165) is 5.39 Å². The zero-order valence-electron chi connectivity index (χ0n) is 14.9. The maximum atomic E-state index is 12.2. The summed E-state index contributed by atoms with van der Waals surface area (Å²) in [6, 6.07) is 6.90. The van der Waals surface area contributed by atoms with Crippen LogP contribution < -0.4 is 4.43 Å². The molecule has 0 bridgehead atoms. The van der Waals surface area contributed by atoms with E-state index in [1.807, 2.05) is 0 Å². The largest absolute Gasteiger partial charge is 0.543 e. The first-order valence-electron chi connectivity index (χ1n) is 7.70. The zero-order chi connectivity index (χ0) is 18.3. The number of methoxy groups -OCH3 is 1. The number of aromatic hydroxyl groups is 1. The van der Waals surface area contributed by atoms with Gasteiger partial charge in [0.25, 0.3) is 8.32 Å². The highest BCUT2D eigenvalue weighted by atomic mass is 35.5. The van der Waals surface area contributed by atoms with Gasteiger partial charge in [0.05, 0.1) is 7.11 Å². The van der Waals surface area contributed by atoms with Crippen molar-refractivity contribution in [2.24, 2.45) is 0 Å². The molecule has 0 saturated heterocycles. The first-order valence-corrected chi connectivity index (χ1v) is 11.0. The van der Waals surface area contributed by atoms with Crippen molar-refractivity contribution in [1.82, 2.24) is 0 Å². The summed E-state index contributed by atoms with van der Waals surface area (Å²) in [7, 11) is -0.924. The standard InChI is InChI=1S/C18H23ClO4Si/c1-18(2,3)24(5,6)23-14-9-11-7-8-12(19)10-13(11)16(20)15(14)17(21)22-4/h7-10,20H,1-6H3. The molecule has 0 amide bonds. The number of carbonyl (C=O) groups is 1. The van der Waals surface area contributed by atoms with Gasteiger partial charge in [-0.1, -0.05) is 38.4 Å². The van der Waals surface area contributed by atoms with Gasteiger partial charge in [-0.15, -0.1) is 0 Å². The number of rotatable bonds is 3. The molecule has 0 aliphatic heterocycles. The van der Waals surface area contributed by atoms with Crippen LogP contribution in [0.1, 0.15) is 31.1 Å². The molecule has 2 rings (SSSR count). The quantitative estimate of drug-likeness (QED) is 0.586. The smallest absolute Gasteiger partial charge is 0.345 e. The molecule has 0 saturated carbocycles. The normalized spacial score (nSPS) is 12.3. The molecule has 2 aromatic carbocycles. The summed E-state index contributed by atoms with van der Waals surface area (Å²) in [5.74, 6) is -0.459. The summed E-state index contributed by atoms with van der Waals surface area (Å²) < 4.78 is 11.1. The molecule has 0 aliphatic carbocycles. The maximum Gasteiger partial charge on any atom is 0.345 e. The average Bonchev–Trinajstić information content (AvgIpc) is 2.46. The molecule has 2 aromatic rings. The number of phenols is 1. The van der Waals surface area contributed by atoms with E-state index in [-0.39, 0.29) is 16.4 Å². The third kappa shape index (κ3) is 3.37. The van der Waals surface area contributed by atoms with Crippen LogP contribution in [0.2, 0.25) is 23.2 Å². The van der Waals surface area contributed by atoms with Crippen molar-refractivity contribution in [3.05, 3.63) is 34.9 Å². The van der Waals surface area contributed by atoms with Crippen LogP contribution in [0.25, 0.3) is 10.8 Å². The van der Waals surface area contributed by atoms with Gasteiger partial charge in [-0.25, -0.2) is 4.79 Å². The maximum absolute atomic E-state index is 12.2. The van der Waals surface area contributed by atoms with Gasteiger partial charge in [-0.05, 0) is 41.7 Å². The van der Waals surface area contributed by atoms with E-state index < -0.39 is 14.3 Å². The predicted molar refractivity (Wildman–Crippen MR) is 99.8 cm³/mol. The second-order valence-corrected chi connectivity index (χ2v) is 12.5. The van der Waals surface area contributed by atoms with Crippen LogP contribution in [0.4, 0.5) is 0 Å². The lowest BCUT2D eigenvalue weighted by Crippen LogP contribution is -2.44. The van der Waals surface area contributed by atoms with Crippen molar-refractivity contribution in [2.75, 3.05) is 7.11 Å². The minimum atomic E-state index is -2.20. The van der Waals surface area contributed by atoms with Crippen molar-refractivity contribution in [3.63, 3.8) is 0 Å². The Kier molecular flexibility index (Phi) is 4.88. The molecule has 0 heterocycles. The Morgan fingerprint density at radius 1 is 1.21 bits per heavy atom. The number of hydrogen-bond acceptors (Lipinski definition) is 4. The average molecular weight is 367 g/mol. The van der Waals surface area contributed by atoms with E-state index in [0.29, 0.717) is 16.2 Å². The number of benzene rings is 2. The van der Waals surface area contributed by atoms with Crippen LogP contribution in [0.15, 0.2) is 24.3 Å². The van der Waals surface area contributed by atoms with Gasteiger partial charge in [0.2, 0.25) is 0 Å². The second kappa shape index (κ2) is 6.30. The third-order valence-corrected chi connectivity index (χ3v) is 9.18. The van der Waals surface area contributed by atoms with Gasteiger partial charge in [-0.2, -0.15) is 0 Å². The molecule has 0 spiro atoms.